The van der Waals surface area contributed by atoms with Gasteiger partial charge in [-0.2, -0.15) is 0 Å². The number of halogens is 2. The van der Waals surface area contributed by atoms with Gasteiger partial charge in [-0.1, -0.05) is 39.7 Å². The fraction of sp³-hybridized carbons (Fsp3) is 0. The van der Waals surface area contributed by atoms with Crippen molar-refractivity contribution in [3.8, 4) is 11.5 Å². The molecule has 2 aromatic carbocycles. The van der Waals surface area contributed by atoms with E-state index < -0.39 is 5.91 Å². The molecule has 0 spiro atoms. The summed E-state index contributed by atoms with van der Waals surface area (Å²) in [4.78, 5) is 11.3. The van der Waals surface area contributed by atoms with E-state index in [4.69, 9.17) is 22.1 Å². The predicted octanol–water partition coefficient (Wildman–Crippen LogP) is 3.99. The molecule has 1 amide bonds. The molecule has 18 heavy (non-hydrogen) atoms. The molecule has 0 aliphatic rings. The summed E-state index contributed by atoms with van der Waals surface area (Å²) in [5.74, 6) is 0.293. The van der Waals surface area contributed by atoms with Gasteiger partial charge in [0, 0.05) is 4.47 Å². The van der Waals surface area contributed by atoms with Crippen molar-refractivity contribution >= 4 is 33.4 Å². The lowest BCUT2D eigenvalue weighted by Gasteiger charge is -2.10. The number of hydrogen-bond donors (Lipinski definition) is 1. The first-order chi connectivity index (χ1) is 8.58. The van der Waals surface area contributed by atoms with Gasteiger partial charge in [0.2, 0.25) is 0 Å². The zero-order chi connectivity index (χ0) is 13.1. The third kappa shape index (κ3) is 2.83. The number of ether oxygens (including phenoxy) is 1. The minimum atomic E-state index is -0.545. The molecule has 2 N–H and O–H groups in total. The molecule has 0 fully saturated rings. The topological polar surface area (TPSA) is 52.3 Å². The van der Waals surface area contributed by atoms with E-state index in [0.29, 0.717) is 22.1 Å². The van der Waals surface area contributed by atoms with Crippen molar-refractivity contribution in [1.29, 1.82) is 0 Å². The van der Waals surface area contributed by atoms with Crippen molar-refractivity contribution in [2.75, 3.05) is 0 Å². The van der Waals surface area contributed by atoms with Gasteiger partial charge in [-0.05, 0) is 30.3 Å². The van der Waals surface area contributed by atoms with Crippen LogP contribution in [0, 0.1) is 0 Å². The molecule has 0 radical (unpaired) electrons. The Morgan fingerprint density at radius 2 is 1.89 bits per heavy atom. The molecule has 5 heteroatoms. The number of para-hydroxylation sites is 1. The minimum Gasteiger partial charge on any atom is -0.455 e. The van der Waals surface area contributed by atoms with E-state index in [1.807, 2.05) is 0 Å². The molecular weight excluding hydrogens is 318 g/mol. The molecule has 0 heterocycles. The van der Waals surface area contributed by atoms with E-state index in [2.05, 4.69) is 15.9 Å². The lowest BCUT2D eigenvalue weighted by molar-refractivity contribution is 0.0998. The van der Waals surface area contributed by atoms with Crippen LogP contribution < -0.4 is 10.5 Å². The zero-order valence-electron chi connectivity index (χ0n) is 9.19. The van der Waals surface area contributed by atoms with Crippen molar-refractivity contribution in [2.45, 2.75) is 0 Å². The Morgan fingerprint density at radius 3 is 2.61 bits per heavy atom. The van der Waals surface area contributed by atoms with Gasteiger partial charge in [0.15, 0.2) is 0 Å². The van der Waals surface area contributed by atoms with Crippen LogP contribution in [0.1, 0.15) is 10.4 Å². The molecule has 0 saturated heterocycles. The van der Waals surface area contributed by atoms with Crippen molar-refractivity contribution in [3.63, 3.8) is 0 Å². The number of nitrogens with two attached hydrogens (primary N) is 1. The molecule has 0 aliphatic heterocycles. The van der Waals surface area contributed by atoms with E-state index in [9.17, 15) is 4.79 Å². The van der Waals surface area contributed by atoms with Crippen molar-refractivity contribution in [1.82, 2.24) is 0 Å². The van der Waals surface area contributed by atoms with E-state index in [1.165, 1.54) is 0 Å². The van der Waals surface area contributed by atoms with Gasteiger partial charge in [0.25, 0.3) is 5.91 Å². The molecule has 92 valence electrons. The van der Waals surface area contributed by atoms with Crippen molar-refractivity contribution < 1.29 is 9.53 Å². The molecule has 2 rings (SSSR count). The smallest absolute Gasteiger partial charge is 0.252 e. The van der Waals surface area contributed by atoms with Crippen LogP contribution in [-0.4, -0.2) is 5.91 Å². The molecule has 0 unspecified atom stereocenters. The third-order valence-electron chi connectivity index (χ3n) is 2.27. The number of benzene rings is 2. The highest BCUT2D eigenvalue weighted by atomic mass is 79.9. The summed E-state index contributed by atoms with van der Waals surface area (Å²) in [6.45, 7) is 0. The summed E-state index contributed by atoms with van der Waals surface area (Å²) in [6, 6.07) is 12.0. The van der Waals surface area contributed by atoms with Gasteiger partial charge in [0.05, 0.1) is 10.6 Å². The Kier molecular flexibility index (Phi) is 3.89. The lowest BCUT2D eigenvalue weighted by Crippen LogP contribution is -2.12. The molecule has 0 aromatic heterocycles. The van der Waals surface area contributed by atoms with E-state index >= 15 is 0 Å². The van der Waals surface area contributed by atoms with Crippen LogP contribution in [0.3, 0.4) is 0 Å². The fourth-order valence-corrected chi connectivity index (χ4v) is 1.93. The van der Waals surface area contributed by atoms with Crippen LogP contribution in [0.4, 0.5) is 0 Å². The summed E-state index contributed by atoms with van der Waals surface area (Å²) in [5, 5.41) is 0.456. The van der Waals surface area contributed by atoms with Crippen LogP contribution in [0.2, 0.25) is 5.02 Å². The molecule has 0 bridgehead atoms. The number of rotatable bonds is 3. The first kappa shape index (κ1) is 12.9. The first-order valence-electron chi connectivity index (χ1n) is 5.09. The Bertz CT molecular complexity index is 601. The number of primary amides is 1. The van der Waals surface area contributed by atoms with Crippen LogP contribution in [0.25, 0.3) is 0 Å². The largest absolute Gasteiger partial charge is 0.455 e. The molecular formula is C13H9BrClNO2. The molecule has 0 saturated carbocycles. The van der Waals surface area contributed by atoms with Crippen molar-refractivity contribution in [2.24, 2.45) is 5.73 Å². The monoisotopic (exact) mass is 325 g/mol. The number of hydrogen-bond acceptors (Lipinski definition) is 2. The average molecular weight is 327 g/mol. The van der Waals surface area contributed by atoms with E-state index in [-0.39, 0.29) is 0 Å². The minimum absolute atomic E-state index is 0.313. The van der Waals surface area contributed by atoms with Gasteiger partial charge < -0.3 is 10.5 Å². The maximum atomic E-state index is 11.3. The quantitative estimate of drug-likeness (QED) is 0.927. The van der Waals surface area contributed by atoms with Crippen LogP contribution in [-0.2, 0) is 0 Å². The number of carbonyl (C=O) groups excluding carboxylic acids is 1. The molecule has 3 nitrogen and oxygen atoms in total. The Labute approximate surface area is 118 Å². The maximum absolute atomic E-state index is 11.3. The molecule has 2 aromatic rings. The fourth-order valence-electron chi connectivity index (χ4n) is 1.43. The second kappa shape index (κ2) is 5.42. The Balaban J connectivity index is 2.40. The SMILES string of the molecule is NC(=O)c1ccccc1Oc1cc(Br)ccc1Cl. The summed E-state index contributed by atoms with van der Waals surface area (Å²) < 4.78 is 6.45. The summed E-state index contributed by atoms with van der Waals surface area (Å²) in [6.07, 6.45) is 0. The average Bonchev–Trinajstić information content (AvgIpc) is 2.34. The van der Waals surface area contributed by atoms with Gasteiger partial charge in [0.1, 0.15) is 11.5 Å². The highest BCUT2D eigenvalue weighted by Gasteiger charge is 2.11. The normalized spacial score (nSPS) is 10.1. The number of carbonyl (C=O) groups is 1. The molecule has 0 aliphatic carbocycles. The standard InChI is InChI=1S/C13H9BrClNO2/c14-8-5-6-10(15)12(7-8)18-11-4-2-1-3-9(11)13(16)17/h1-7H,(H2,16,17). The Hall–Kier alpha value is -1.52. The summed E-state index contributed by atoms with van der Waals surface area (Å²) >= 11 is 9.34. The van der Waals surface area contributed by atoms with Crippen LogP contribution >= 0.6 is 27.5 Å². The summed E-state index contributed by atoms with van der Waals surface area (Å²) in [5.41, 5.74) is 5.59. The van der Waals surface area contributed by atoms with Gasteiger partial charge in [-0.25, -0.2) is 0 Å². The van der Waals surface area contributed by atoms with Gasteiger partial charge in [-0.15, -0.1) is 0 Å². The van der Waals surface area contributed by atoms with Crippen LogP contribution in [0.15, 0.2) is 46.9 Å². The second-order valence-electron chi connectivity index (χ2n) is 3.54. The Morgan fingerprint density at radius 1 is 1.17 bits per heavy atom. The highest BCUT2D eigenvalue weighted by Crippen LogP contribution is 2.33. The third-order valence-corrected chi connectivity index (χ3v) is 3.07. The van der Waals surface area contributed by atoms with E-state index in [0.717, 1.165) is 4.47 Å². The number of amides is 1. The second-order valence-corrected chi connectivity index (χ2v) is 4.86. The van der Waals surface area contributed by atoms with Gasteiger partial charge >= 0.3 is 0 Å². The zero-order valence-corrected chi connectivity index (χ0v) is 11.5. The molecule has 0 atom stereocenters. The summed E-state index contributed by atoms with van der Waals surface area (Å²) in [7, 11) is 0. The first-order valence-corrected chi connectivity index (χ1v) is 6.27. The predicted molar refractivity (Wildman–Crippen MR) is 74.2 cm³/mol. The van der Waals surface area contributed by atoms with Crippen LogP contribution in [0.5, 0.6) is 11.5 Å². The van der Waals surface area contributed by atoms with Gasteiger partial charge in [-0.3, -0.25) is 4.79 Å². The van der Waals surface area contributed by atoms with Crippen molar-refractivity contribution in [3.05, 3.63) is 57.5 Å². The highest BCUT2D eigenvalue weighted by molar-refractivity contribution is 9.10. The van der Waals surface area contributed by atoms with E-state index in [1.54, 1.807) is 42.5 Å². The maximum Gasteiger partial charge on any atom is 0.252 e. The lowest BCUT2D eigenvalue weighted by atomic mass is 10.2.